The van der Waals surface area contributed by atoms with Crippen LogP contribution in [0.2, 0.25) is 0 Å². The van der Waals surface area contributed by atoms with Crippen LogP contribution in [0.25, 0.3) is 18.2 Å². The summed E-state index contributed by atoms with van der Waals surface area (Å²) in [5.41, 5.74) is 12.5. The Balaban J connectivity index is 1.86. The number of aromatic nitrogens is 1. The van der Waals surface area contributed by atoms with E-state index in [-0.39, 0.29) is 5.75 Å². The molecule has 0 fully saturated rings. The van der Waals surface area contributed by atoms with Gasteiger partial charge in [0.1, 0.15) is 5.75 Å². The number of hydrogen-bond acceptors (Lipinski definition) is 3. The van der Waals surface area contributed by atoms with Gasteiger partial charge in [0, 0.05) is 16.3 Å². The third kappa shape index (κ3) is 3.14. The monoisotopic (exact) mass is 421 g/mol. The van der Waals surface area contributed by atoms with Gasteiger partial charge in [0.05, 0.1) is 22.8 Å². The van der Waals surface area contributed by atoms with Gasteiger partial charge in [-0.25, -0.2) is 9.98 Å². The first-order chi connectivity index (χ1) is 15.2. The molecule has 2 N–H and O–H groups in total. The molecule has 3 aliphatic rings. The average Bonchev–Trinajstić information content (AvgIpc) is 3.29. The number of nitrogens with one attached hydrogen (secondary N) is 1. The Hall–Kier alpha value is -3.66. The standard InChI is InChI=1S/C28H27N3O/c1-14-16(3)24-12-26-18(5)19(6)27(31-26)13-25-17(4)15(2)23(30-25)11-21-9-20(7-8-28(21)32)10-22(14)29-24/h7-13,29,32H,1-6H3. The van der Waals surface area contributed by atoms with E-state index in [4.69, 9.17) is 9.98 Å². The Labute approximate surface area is 188 Å². The molecule has 4 heteroatoms. The van der Waals surface area contributed by atoms with Gasteiger partial charge < -0.3 is 10.1 Å². The SMILES string of the molecule is CC1=C(C)C2=NC1=Cc1cc(ccc1O)C=c1[nH]c(c(C)c1C)=CC1=NC(=C2)C(C)=C1C. The minimum Gasteiger partial charge on any atom is -0.507 e. The zero-order chi connectivity index (χ0) is 22.7. The van der Waals surface area contributed by atoms with E-state index in [0.717, 1.165) is 55.8 Å². The van der Waals surface area contributed by atoms with Crippen molar-refractivity contribution in [2.24, 2.45) is 9.98 Å². The molecule has 0 amide bonds. The van der Waals surface area contributed by atoms with Crippen LogP contribution >= 0.6 is 0 Å². The van der Waals surface area contributed by atoms with Crippen LogP contribution in [0, 0.1) is 13.8 Å². The number of nitrogens with zero attached hydrogens (tertiary/aromatic N) is 2. The van der Waals surface area contributed by atoms with E-state index in [0.29, 0.717) is 0 Å². The van der Waals surface area contributed by atoms with Crippen molar-refractivity contribution < 1.29 is 5.11 Å². The lowest BCUT2D eigenvalue weighted by molar-refractivity contribution is 0.474. The summed E-state index contributed by atoms with van der Waals surface area (Å²) < 4.78 is 0. The Morgan fingerprint density at radius 3 is 1.88 bits per heavy atom. The summed E-state index contributed by atoms with van der Waals surface area (Å²) in [6.07, 6.45) is 8.31. The lowest BCUT2D eigenvalue weighted by Gasteiger charge is -2.03. The normalized spacial score (nSPS) is 17.6. The zero-order valence-corrected chi connectivity index (χ0v) is 19.4. The fourth-order valence-electron chi connectivity index (χ4n) is 4.31. The van der Waals surface area contributed by atoms with Gasteiger partial charge in [-0.2, -0.15) is 0 Å². The molecular formula is C28H27N3O. The van der Waals surface area contributed by atoms with Crippen molar-refractivity contribution in [3.63, 3.8) is 0 Å². The maximum Gasteiger partial charge on any atom is 0.122 e. The molecule has 0 saturated carbocycles. The minimum atomic E-state index is 0.246. The predicted molar refractivity (Wildman–Crippen MR) is 133 cm³/mol. The van der Waals surface area contributed by atoms with Crippen LogP contribution in [-0.4, -0.2) is 21.5 Å². The molecule has 8 bridgehead atoms. The van der Waals surface area contributed by atoms with E-state index in [9.17, 15) is 5.11 Å². The van der Waals surface area contributed by atoms with E-state index < -0.39 is 0 Å². The third-order valence-electron chi connectivity index (χ3n) is 6.99. The van der Waals surface area contributed by atoms with Gasteiger partial charge in [-0.05, 0) is 117 Å². The number of allylic oxidation sites excluding steroid dienone is 5. The highest BCUT2D eigenvalue weighted by Gasteiger charge is 2.21. The third-order valence-corrected chi connectivity index (χ3v) is 6.99. The number of rotatable bonds is 0. The Morgan fingerprint density at radius 2 is 1.22 bits per heavy atom. The molecule has 0 aliphatic carbocycles. The van der Waals surface area contributed by atoms with Crippen molar-refractivity contribution >= 4 is 29.7 Å². The second-order valence-corrected chi connectivity index (χ2v) is 8.86. The Morgan fingerprint density at radius 1 is 0.656 bits per heavy atom. The number of fused-ring (bicyclic) bond motifs is 6. The smallest absolute Gasteiger partial charge is 0.122 e. The van der Waals surface area contributed by atoms with Crippen molar-refractivity contribution in [1.82, 2.24) is 4.98 Å². The van der Waals surface area contributed by atoms with Crippen LogP contribution < -0.4 is 10.7 Å². The lowest BCUT2D eigenvalue weighted by Crippen LogP contribution is -2.13. The summed E-state index contributed by atoms with van der Waals surface area (Å²) in [7, 11) is 0. The molecule has 2 aromatic rings. The number of phenolic OH excluding ortho intramolecular Hbond substituents is 1. The second kappa shape index (κ2) is 7.20. The number of benzene rings is 1. The summed E-state index contributed by atoms with van der Waals surface area (Å²) in [6, 6.07) is 5.69. The van der Waals surface area contributed by atoms with E-state index in [2.05, 4.69) is 64.8 Å². The predicted octanol–water partition coefficient (Wildman–Crippen LogP) is 4.77. The van der Waals surface area contributed by atoms with Crippen LogP contribution in [0.4, 0.5) is 0 Å². The van der Waals surface area contributed by atoms with Gasteiger partial charge in [0.25, 0.3) is 0 Å². The first-order valence-corrected chi connectivity index (χ1v) is 10.9. The van der Waals surface area contributed by atoms with Crippen molar-refractivity contribution in [1.29, 1.82) is 0 Å². The highest BCUT2D eigenvalue weighted by Crippen LogP contribution is 2.32. The van der Waals surface area contributed by atoms with Crippen LogP contribution in [0.3, 0.4) is 0 Å². The van der Waals surface area contributed by atoms with Gasteiger partial charge in [-0.3, -0.25) is 0 Å². The summed E-state index contributed by atoms with van der Waals surface area (Å²) in [4.78, 5) is 13.4. The van der Waals surface area contributed by atoms with Crippen LogP contribution in [0.15, 0.2) is 67.9 Å². The number of H-pyrrole nitrogens is 1. The highest BCUT2D eigenvalue weighted by molar-refractivity contribution is 6.23. The fraction of sp³-hybridized carbons (Fsp3) is 0.214. The van der Waals surface area contributed by atoms with Crippen molar-refractivity contribution in [2.75, 3.05) is 0 Å². The molecule has 1 aromatic carbocycles. The summed E-state index contributed by atoms with van der Waals surface area (Å²) in [6.45, 7) is 12.7. The molecule has 0 atom stereocenters. The largest absolute Gasteiger partial charge is 0.507 e. The van der Waals surface area contributed by atoms with E-state index in [1.54, 1.807) is 6.07 Å². The molecule has 4 nitrogen and oxygen atoms in total. The highest BCUT2D eigenvalue weighted by atomic mass is 16.3. The van der Waals surface area contributed by atoms with E-state index in [1.807, 2.05) is 18.2 Å². The number of aromatic hydroxyl groups is 1. The molecule has 0 saturated heterocycles. The number of hydrogen-bond donors (Lipinski definition) is 2. The number of phenols is 1. The summed E-state index contributed by atoms with van der Waals surface area (Å²) >= 11 is 0. The average molecular weight is 422 g/mol. The number of aliphatic imine (C=N–C) groups is 2. The van der Waals surface area contributed by atoms with Gasteiger partial charge in [-0.15, -0.1) is 0 Å². The van der Waals surface area contributed by atoms with Crippen molar-refractivity contribution in [2.45, 2.75) is 41.5 Å². The van der Waals surface area contributed by atoms with Crippen molar-refractivity contribution in [3.8, 4) is 5.75 Å². The van der Waals surface area contributed by atoms with Crippen molar-refractivity contribution in [3.05, 3.63) is 90.9 Å². The van der Waals surface area contributed by atoms with Gasteiger partial charge >= 0.3 is 0 Å². The molecular weight excluding hydrogens is 394 g/mol. The first-order valence-electron chi connectivity index (χ1n) is 10.9. The first kappa shape index (κ1) is 20.3. The van der Waals surface area contributed by atoms with Gasteiger partial charge in [0.2, 0.25) is 0 Å². The van der Waals surface area contributed by atoms with Crippen LogP contribution in [-0.2, 0) is 0 Å². The Bertz CT molecular complexity index is 1510. The van der Waals surface area contributed by atoms with Crippen LogP contribution in [0.5, 0.6) is 5.75 Å². The summed E-state index contributed by atoms with van der Waals surface area (Å²) in [5, 5.41) is 12.6. The zero-order valence-electron chi connectivity index (χ0n) is 19.4. The fourth-order valence-corrected chi connectivity index (χ4v) is 4.31. The van der Waals surface area contributed by atoms with Gasteiger partial charge in [-0.1, -0.05) is 6.07 Å². The summed E-state index contributed by atoms with van der Waals surface area (Å²) in [5.74, 6) is 0.246. The lowest BCUT2D eigenvalue weighted by atomic mass is 10.0. The number of aromatic amines is 1. The Kier molecular flexibility index (Phi) is 4.55. The quantitative estimate of drug-likeness (QED) is 0.633. The van der Waals surface area contributed by atoms with Gasteiger partial charge in [0.15, 0.2) is 0 Å². The molecule has 0 radical (unpaired) electrons. The molecule has 32 heavy (non-hydrogen) atoms. The van der Waals surface area contributed by atoms with Crippen LogP contribution in [0.1, 0.15) is 49.9 Å². The molecule has 5 rings (SSSR count). The second-order valence-electron chi connectivity index (χ2n) is 8.86. The molecule has 160 valence electrons. The molecule has 1 aromatic heterocycles. The molecule has 3 aliphatic heterocycles. The molecule has 4 heterocycles. The van der Waals surface area contributed by atoms with E-state index >= 15 is 0 Å². The maximum atomic E-state index is 10.5. The minimum absolute atomic E-state index is 0.246. The molecule has 0 unspecified atom stereocenters. The topological polar surface area (TPSA) is 60.7 Å². The molecule has 0 spiro atoms. The van der Waals surface area contributed by atoms with E-state index in [1.165, 1.54) is 22.3 Å². The maximum absolute atomic E-state index is 10.5.